The van der Waals surface area contributed by atoms with Crippen molar-refractivity contribution in [3.63, 3.8) is 0 Å². The maximum absolute atomic E-state index is 12.4. The number of hydrogen-bond donors (Lipinski definition) is 2. The summed E-state index contributed by atoms with van der Waals surface area (Å²) in [5.74, 6) is 0.148. The van der Waals surface area contributed by atoms with E-state index in [9.17, 15) is 4.79 Å². The van der Waals surface area contributed by atoms with E-state index in [0.29, 0.717) is 12.1 Å². The molecule has 4 nitrogen and oxygen atoms in total. The Kier molecular flexibility index (Phi) is 5.80. The maximum atomic E-state index is 12.4. The molecule has 1 aromatic rings. The number of rotatable bonds is 2. The first-order chi connectivity index (χ1) is 12.7. The van der Waals surface area contributed by atoms with Crippen molar-refractivity contribution in [1.82, 2.24) is 10.2 Å². The lowest BCUT2D eigenvalue weighted by Gasteiger charge is -2.50. The Balaban J connectivity index is 1.70. The van der Waals surface area contributed by atoms with Gasteiger partial charge in [0.1, 0.15) is 0 Å². The number of fused-ring (bicyclic) bond motifs is 2. The first kappa shape index (κ1) is 20.1. The van der Waals surface area contributed by atoms with E-state index in [1.807, 2.05) is 20.8 Å². The molecule has 2 bridgehead atoms. The van der Waals surface area contributed by atoms with Crippen LogP contribution in [0.5, 0.6) is 0 Å². The maximum Gasteiger partial charge on any atom is 0.225 e. The highest BCUT2D eigenvalue weighted by Crippen LogP contribution is 2.35. The highest BCUT2D eigenvalue weighted by atomic mass is 32.1. The van der Waals surface area contributed by atoms with Gasteiger partial charge in [-0.3, -0.25) is 4.79 Å². The molecule has 2 saturated heterocycles. The quantitative estimate of drug-likeness (QED) is 0.731. The Morgan fingerprint density at radius 1 is 1.15 bits per heavy atom. The Labute approximate surface area is 169 Å². The number of amides is 1. The van der Waals surface area contributed by atoms with Crippen molar-refractivity contribution < 1.29 is 4.79 Å². The molecule has 2 N–H and O–H groups in total. The largest absolute Gasteiger partial charge is 0.353 e. The summed E-state index contributed by atoms with van der Waals surface area (Å²) in [6.07, 6.45) is 5.50. The molecule has 2 atom stereocenters. The normalized spacial score (nSPS) is 25.1. The molecule has 5 heteroatoms. The molecule has 0 unspecified atom stereocenters. The van der Waals surface area contributed by atoms with Gasteiger partial charge in [0.25, 0.3) is 0 Å². The predicted molar refractivity (Wildman–Crippen MR) is 116 cm³/mol. The van der Waals surface area contributed by atoms with Crippen LogP contribution < -0.4 is 10.6 Å². The van der Waals surface area contributed by atoms with Gasteiger partial charge in [0.2, 0.25) is 5.91 Å². The number of aryl methyl sites for hydroxylation is 1. The minimum absolute atomic E-state index is 0.148. The van der Waals surface area contributed by atoms with E-state index < -0.39 is 0 Å². The summed E-state index contributed by atoms with van der Waals surface area (Å²) >= 11 is 5.83. The molecule has 2 heterocycles. The molecule has 2 aliphatic heterocycles. The van der Waals surface area contributed by atoms with Gasteiger partial charge in [-0.2, -0.15) is 0 Å². The third kappa shape index (κ3) is 4.45. The number of carbonyl (C=O) groups excluding carboxylic acids is 1. The average Bonchev–Trinajstić information content (AvgIpc) is 2.57. The van der Waals surface area contributed by atoms with Gasteiger partial charge < -0.3 is 15.5 Å². The van der Waals surface area contributed by atoms with Crippen LogP contribution in [0.3, 0.4) is 0 Å². The second-order valence-corrected chi connectivity index (χ2v) is 9.60. The summed E-state index contributed by atoms with van der Waals surface area (Å²) in [5, 5.41) is 7.62. The number of nitrogens with zero attached hydrogens (tertiary/aromatic N) is 1. The standard InChI is InChI=1S/C22H33N3OS/c1-14-8-6-11-19(15(14)2)24-21(27)25-17-9-7-10-18(25)13-16(12-17)23-20(26)22(3,4)5/h6,8,11,16-18H,7,9-10,12-13H2,1-5H3,(H,23,26)(H,24,27)/t17-,18-/m1/s1. The zero-order chi connectivity index (χ0) is 19.8. The highest BCUT2D eigenvalue weighted by molar-refractivity contribution is 7.80. The van der Waals surface area contributed by atoms with E-state index in [0.717, 1.165) is 36.5 Å². The summed E-state index contributed by atoms with van der Waals surface area (Å²) in [6, 6.07) is 7.37. The van der Waals surface area contributed by atoms with Crippen molar-refractivity contribution in [2.24, 2.45) is 5.41 Å². The fourth-order valence-corrected chi connectivity index (χ4v) is 4.71. The number of nitrogens with one attached hydrogen (secondary N) is 2. The minimum Gasteiger partial charge on any atom is -0.353 e. The lowest BCUT2D eigenvalue weighted by Crippen LogP contribution is -2.60. The third-order valence-corrected chi connectivity index (χ3v) is 6.38. The molecule has 148 valence electrons. The molecule has 3 rings (SSSR count). The van der Waals surface area contributed by atoms with Crippen molar-refractivity contribution in [2.75, 3.05) is 5.32 Å². The molecule has 2 fully saturated rings. The van der Waals surface area contributed by atoms with Gasteiger partial charge in [-0.15, -0.1) is 0 Å². The summed E-state index contributed by atoms with van der Waals surface area (Å²) in [7, 11) is 0. The summed E-state index contributed by atoms with van der Waals surface area (Å²) in [5.41, 5.74) is 3.27. The first-order valence-corrected chi connectivity index (χ1v) is 10.5. The Morgan fingerprint density at radius 2 is 1.78 bits per heavy atom. The van der Waals surface area contributed by atoms with Gasteiger partial charge in [-0.05, 0) is 75.4 Å². The van der Waals surface area contributed by atoms with Gasteiger partial charge in [0.05, 0.1) is 0 Å². The molecule has 0 radical (unpaired) electrons. The molecule has 0 aliphatic carbocycles. The minimum atomic E-state index is -0.341. The van der Waals surface area contributed by atoms with Crippen molar-refractivity contribution in [1.29, 1.82) is 0 Å². The summed E-state index contributed by atoms with van der Waals surface area (Å²) < 4.78 is 0. The third-order valence-electron chi connectivity index (χ3n) is 6.07. The van der Waals surface area contributed by atoms with Crippen LogP contribution in [-0.2, 0) is 4.79 Å². The summed E-state index contributed by atoms with van der Waals surface area (Å²) in [4.78, 5) is 14.8. The Hall–Kier alpha value is -1.62. The fraction of sp³-hybridized carbons (Fsp3) is 0.636. The zero-order valence-corrected chi connectivity index (χ0v) is 18.1. The van der Waals surface area contributed by atoms with Crippen LogP contribution in [-0.4, -0.2) is 34.0 Å². The second kappa shape index (κ2) is 7.78. The van der Waals surface area contributed by atoms with E-state index in [4.69, 9.17) is 12.2 Å². The van der Waals surface area contributed by atoms with Crippen LogP contribution in [0.4, 0.5) is 5.69 Å². The van der Waals surface area contributed by atoms with E-state index in [-0.39, 0.29) is 17.4 Å². The van der Waals surface area contributed by atoms with Gasteiger partial charge in [-0.25, -0.2) is 0 Å². The van der Waals surface area contributed by atoms with Crippen molar-refractivity contribution in [3.05, 3.63) is 29.3 Å². The highest BCUT2D eigenvalue weighted by Gasteiger charge is 2.40. The van der Waals surface area contributed by atoms with E-state index in [1.54, 1.807) is 0 Å². The van der Waals surface area contributed by atoms with Crippen LogP contribution in [0.15, 0.2) is 18.2 Å². The number of thiocarbonyl (C=S) groups is 1. The van der Waals surface area contributed by atoms with Gasteiger partial charge in [0.15, 0.2) is 5.11 Å². The SMILES string of the molecule is Cc1cccc(NC(=S)N2[C@@H]3CCC[C@@H]2CC(NC(=O)C(C)(C)C)C3)c1C. The van der Waals surface area contributed by atoms with Gasteiger partial charge >= 0.3 is 0 Å². The monoisotopic (exact) mass is 387 g/mol. The van der Waals surface area contributed by atoms with Gasteiger partial charge in [-0.1, -0.05) is 32.9 Å². The molecule has 0 saturated carbocycles. The lowest BCUT2D eigenvalue weighted by atomic mass is 9.81. The Morgan fingerprint density at radius 3 is 2.37 bits per heavy atom. The first-order valence-electron chi connectivity index (χ1n) is 10.1. The number of carbonyl (C=O) groups is 1. The average molecular weight is 388 g/mol. The molecule has 2 aliphatic rings. The Bertz CT molecular complexity index is 711. The van der Waals surface area contributed by atoms with Crippen molar-refractivity contribution in [3.8, 4) is 0 Å². The summed E-state index contributed by atoms with van der Waals surface area (Å²) in [6.45, 7) is 10.2. The van der Waals surface area contributed by atoms with Crippen LogP contribution in [0.1, 0.15) is 64.0 Å². The van der Waals surface area contributed by atoms with Crippen molar-refractivity contribution in [2.45, 2.75) is 84.8 Å². The van der Waals surface area contributed by atoms with E-state index >= 15 is 0 Å². The number of anilines is 1. The second-order valence-electron chi connectivity index (χ2n) is 9.22. The van der Waals surface area contributed by atoms with Crippen LogP contribution in [0.25, 0.3) is 0 Å². The predicted octanol–water partition coefficient (Wildman–Crippen LogP) is 4.55. The molecule has 27 heavy (non-hydrogen) atoms. The van der Waals surface area contributed by atoms with Crippen LogP contribution >= 0.6 is 12.2 Å². The molecular formula is C22H33N3OS. The van der Waals surface area contributed by atoms with Crippen LogP contribution in [0.2, 0.25) is 0 Å². The van der Waals surface area contributed by atoms with E-state index in [2.05, 4.69) is 47.6 Å². The smallest absolute Gasteiger partial charge is 0.225 e. The van der Waals surface area contributed by atoms with Gasteiger partial charge in [0, 0.05) is 29.2 Å². The zero-order valence-electron chi connectivity index (χ0n) is 17.3. The molecule has 1 aromatic carbocycles. The van der Waals surface area contributed by atoms with E-state index in [1.165, 1.54) is 17.5 Å². The number of piperidine rings is 2. The topological polar surface area (TPSA) is 44.4 Å². The number of hydrogen-bond acceptors (Lipinski definition) is 2. The molecule has 0 spiro atoms. The van der Waals surface area contributed by atoms with Crippen LogP contribution in [0, 0.1) is 19.3 Å². The number of benzene rings is 1. The van der Waals surface area contributed by atoms with Crippen molar-refractivity contribution >= 4 is 28.9 Å². The molecule has 0 aromatic heterocycles. The lowest BCUT2D eigenvalue weighted by molar-refractivity contribution is -0.129. The molecule has 1 amide bonds. The fourth-order valence-electron chi connectivity index (χ4n) is 4.30. The molecular weight excluding hydrogens is 354 g/mol.